The molecule has 1 aromatic heterocycles. The van der Waals surface area contributed by atoms with E-state index in [1.165, 1.54) is 20.0 Å². The summed E-state index contributed by atoms with van der Waals surface area (Å²) in [5, 5.41) is 3.23. The molecule has 2 rings (SSSR count). The fraction of sp³-hybridized carbons (Fsp3) is 0.500. The monoisotopic (exact) mass is 376 g/mol. The summed E-state index contributed by atoms with van der Waals surface area (Å²) in [7, 11) is 1.39. The molecule has 4 nitrogen and oxygen atoms in total. The van der Waals surface area contributed by atoms with Crippen molar-refractivity contribution in [2.24, 2.45) is 5.92 Å². The van der Waals surface area contributed by atoms with Crippen LogP contribution >= 0.6 is 31.9 Å². The molecule has 0 radical (unpaired) electrons. The molecule has 1 unspecified atom stereocenters. The number of esters is 1. The van der Waals surface area contributed by atoms with Gasteiger partial charge in [0.05, 0.1) is 12.8 Å². The summed E-state index contributed by atoms with van der Waals surface area (Å²) >= 11 is 6.77. The quantitative estimate of drug-likeness (QED) is 0.801. The summed E-state index contributed by atoms with van der Waals surface area (Å²) < 4.78 is 6.48. The number of nitrogens with zero attached hydrogens (tertiary/aromatic N) is 1. The summed E-state index contributed by atoms with van der Waals surface area (Å²) in [6, 6.07) is 1.36. The van der Waals surface area contributed by atoms with Crippen molar-refractivity contribution in [1.29, 1.82) is 0 Å². The molecule has 1 fully saturated rings. The second kappa shape index (κ2) is 6.12. The topological polar surface area (TPSA) is 51.2 Å². The number of carbonyl (C=O) groups excluding carboxylic acids is 1. The lowest BCUT2D eigenvalue weighted by atomic mass is 10.2. The molecule has 98 valence electrons. The number of ether oxygens (including phenoxy) is 1. The first kappa shape index (κ1) is 14.0. The maximum atomic E-state index is 11.8. The van der Waals surface area contributed by atoms with Crippen molar-refractivity contribution in [1.82, 2.24) is 10.3 Å². The number of methoxy groups -OCH3 is 1. The highest BCUT2D eigenvalue weighted by atomic mass is 79.9. The zero-order chi connectivity index (χ0) is 13.1. The first-order valence-electron chi connectivity index (χ1n) is 5.74. The van der Waals surface area contributed by atoms with Gasteiger partial charge in [0, 0.05) is 15.1 Å². The molecule has 18 heavy (non-hydrogen) atoms. The van der Waals surface area contributed by atoms with Crippen LogP contribution in [0.25, 0.3) is 0 Å². The lowest BCUT2D eigenvalue weighted by molar-refractivity contribution is -0.143. The van der Waals surface area contributed by atoms with E-state index in [1.54, 1.807) is 6.20 Å². The van der Waals surface area contributed by atoms with E-state index >= 15 is 0 Å². The largest absolute Gasteiger partial charge is 0.468 e. The van der Waals surface area contributed by atoms with Crippen LogP contribution in [0.3, 0.4) is 0 Å². The molecule has 0 saturated heterocycles. The number of nitrogens with one attached hydrogen (secondary N) is 1. The van der Waals surface area contributed by atoms with E-state index in [9.17, 15) is 4.79 Å². The summed E-state index contributed by atoms with van der Waals surface area (Å²) in [4.78, 5) is 16.1. The summed E-state index contributed by atoms with van der Waals surface area (Å²) in [5.74, 6) is 0.373. The Labute approximate surface area is 123 Å². The first-order valence-corrected chi connectivity index (χ1v) is 7.32. The molecule has 0 aliphatic heterocycles. The van der Waals surface area contributed by atoms with E-state index in [-0.39, 0.29) is 5.97 Å². The van der Waals surface area contributed by atoms with E-state index in [1.807, 2.05) is 6.07 Å². The highest BCUT2D eigenvalue weighted by molar-refractivity contribution is 9.11. The van der Waals surface area contributed by atoms with Gasteiger partial charge in [0.1, 0.15) is 6.04 Å². The first-order chi connectivity index (χ1) is 8.61. The van der Waals surface area contributed by atoms with Crippen LogP contribution in [-0.2, 0) is 9.53 Å². The zero-order valence-corrected chi connectivity index (χ0v) is 13.1. The molecule has 0 aromatic carbocycles. The van der Waals surface area contributed by atoms with Crippen LogP contribution in [0.15, 0.2) is 21.2 Å². The van der Waals surface area contributed by atoms with E-state index in [0.29, 0.717) is 11.6 Å². The van der Waals surface area contributed by atoms with Gasteiger partial charge in [0.15, 0.2) is 0 Å². The number of aromatic nitrogens is 1. The lowest BCUT2D eigenvalue weighted by Crippen LogP contribution is -2.32. The number of rotatable bonds is 5. The fourth-order valence-electron chi connectivity index (χ4n) is 1.65. The molecule has 6 heteroatoms. The number of halogens is 2. The number of carbonyl (C=O) groups is 1. The highest BCUT2D eigenvalue weighted by Crippen LogP contribution is 2.30. The van der Waals surface area contributed by atoms with Crippen molar-refractivity contribution in [2.45, 2.75) is 18.9 Å². The van der Waals surface area contributed by atoms with Gasteiger partial charge in [-0.3, -0.25) is 10.3 Å². The van der Waals surface area contributed by atoms with Gasteiger partial charge in [0.2, 0.25) is 0 Å². The number of pyridine rings is 1. The van der Waals surface area contributed by atoms with Gasteiger partial charge < -0.3 is 4.74 Å². The maximum absolute atomic E-state index is 11.8. The van der Waals surface area contributed by atoms with Gasteiger partial charge in [-0.05, 0) is 63.2 Å². The van der Waals surface area contributed by atoms with E-state index < -0.39 is 6.04 Å². The molecular weight excluding hydrogens is 364 g/mol. The molecule has 0 amide bonds. The van der Waals surface area contributed by atoms with Crippen LogP contribution in [0.2, 0.25) is 0 Å². The average Bonchev–Trinajstić information content (AvgIpc) is 3.15. The van der Waals surface area contributed by atoms with Crippen LogP contribution in [0.1, 0.15) is 24.6 Å². The van der Waals surface area contributed by atoms with Gasteiger partial charge in [-0.2, -0.15) is 0 Å². The van der Waals surface area contributed by atoms with Crippen LogP contribution < -0.4 is 5.32 Å². The van der Waals surface area contributed by atoms with Gasteiger partial charge in [-0.25, -0.2) is 4.79 Å². The van der Waals surface area contributed by atoms with Gasteiger partial charge in [-0.15, -0.1) is 0 Å². The van der Waals surface area contributed by atoms with Gasteiger partial charge in [0.25, 0.3) is 0 Å². The molecule has 1 N–H and O–H groups in total. The van der Waals surface area contributed by atoms with Crippen molar-refractivity contribution in [3.05, 3.63) is 26.9 Å². The standard InChI is InChI=1S/C12H14Br2N2O2/c1-18-12(17)11(15-5-7-2-3-7)10-9(14)4-8(13)6-16-10/h4,6-7,11,15H,2-3,5H2,1H3. The lowest BCUT2D eigenvalue weighted by Gasteiger charge is -2.17. The molecule has 0 spiro atoms. The Morgan fingerprint density at radius 1 is 1.61 bits per heavy atom. The third kappa shape index (κ3) is 3.52. The molecule has 1 atom stereocenters. The smallest absolute Gasteiger partial charge is 0.329 e. The third-order valence-corrected chi connectivity index (χ3v) is 3.92. The Morgan fingerprint density at radius 3 is 2.89 bits per heavy atom. The second-order valence-electron chi connectivity index (χ2n) is 4.33. The number of hydrogen-bond donors (Lipinski definition) is 1. The van der Waals surface area contributed by atoms with Crippen LogP contribution in [0.5, 0.6) is 0 Å². The predicted molar refractivity (Wildman–Crippen MR) is 75.1 cm³/mol. The summed E-state index contributed by atoms with van der Waals surface area (Å²) in [6.07, 6.45) is 4.14. The molecule has 0 bridgehead atoms. The third-order valence-electron chi connectivity index (χ3n) is 2.85. The minimum absolute atomic E-state index is 0.314. The van der Waals surface area contributed by atoms with Crippen molar-refractivity contribution in [3.63, 3.8) is 0 Å². The normalized spacial score (nSPS) is 16.4. The van der Waals surface area contributed by atoms with E-state index in [2.05, 4.69) is 42.2 Å². The molecule has 1 heterocycles. The highest BCUT2D eigenvalue weighted by Gasteiger charge is 2.28. The fourth-order valence-corrected chi connectivity index (χ4v) is 2.87. The van der Waals surface area contributed by atoms with E-state index in [0.717, 1.165) is 15.5 Å². The molecule has 1 aliphatic rings. The summed E-state index contributed by atoms with van der Waals surface area (Å²) in [5.41, 5.74) is 0.658. The maximum Gasteiger partial charge on any atom is 0.329 e. The van der Waals surface area contributed by atoms with Crippen molar-refractivity contribution >= 4 is 37.8 Å². The second-order valence-corrected chi connectivity index (χ2v) is 6.10. The molecular formula is C12H14Br2N2O2. The van der Waals surface area contributed by atoms with Crippen LogP contribution in [0.4, 0.5) is 0 Å². The zero-order valence-electron chi connectivity index (χ0n) is 9.95. The minimum atomic E-state index is -0.516. The molecule has 1 aromatic rings. The Balaban J connectivity index is 2.17. The summed E-state index contributed by atoms with van der Waals surface area (Å²) in [6.45, 7) is 0.823. The van der Waals surface area contributed by atoms with Crippen LogP contribution in [-0.4, -0.2) is 24.6 Å². The average molecular weight is 378 g/mol. The number of hydrogen-bond acceptors (Lipinski definition) is 4. The Bertz CT molecular complexity index is 450. The van der Waals surface area contributed by atoms with E-state index in [4.69, 9.17) is 4.74 Å². The Kier molecular flexibility index (Phi) is 4.75. The minimum Gasteiger partial charge on any atom is -0.468 e. The SMILES string of the molecule is COC(=O)C(NCC1CC1)c1ncc(Br)cc1Br. The Hall–Kier alpha value is -0.460. The van der Waals surface area contributed by atoms with Gasteiger partial charge >= 0.3 is 5.97 Å². The Morgan fingerprint density at radius 2 is 2.33 bits per heavy atom. The van der Waals surface area contributed by atoms with Crippen molar-refractivity contribution in [2.75, 3.05) is 13.7 Å². The molecule has 1 saturated carbocycles. The predicted octanol–water partition coefficient (Wildman–Crippen LogP) is 2.82. The van der Waals surface area contributed by atoms with Gasteiger partial charge in [-0.1, -0.05) is 0 Å². The van der Waals surface area contributed by atoms with Crippen molar-refractivity contribution < 1.29 is 9.53 Å². The van der Waals surface area contributed by atoms with Crippen LogP contribution in [0, 0.1) is 5.92 Å². The molecule has 1 aliphatic carbocycles. The van der Waals surface area contributed by atoms with Crippen molar-refractivity contribution in [3.8, 4) is 0 Å².